The first kappa shape index (κ1) is 18.9. The normalized spacial score (nSPS) is 18.2. The molecule has 0 radical (unpaired) electrons. The molecule has 0 bridgehead atoms. The topological polar surface area (TPSA) is 59.9 Å². The number of aliphatic hydroxyl groups is 1. The quantitative estimate of drug-likeness (QED) is 0.862. The number of carbonyl (C=O) groups excluding carboxylic acids is 1. The molecule has 0 unspecified atom stereocenters. The van der Waals surface area contributed by atoms with Gasteiger partial charge in [0.1, 0.15) is 5.82 Å². The van der Waals surface area contributed by atoms with Gasteiger partial charge in [0.25, 0.3) is 0 Å². The van der Waals surface area contributed by atoms with E-state index in [1.54, 1.807) is 0 Å². The Morgan fingerprint density at radius 2 is 1.96 bits per heavy atom. The Labute approximate surface area is 166 Å². The molecule has 0 spiro atoms. The van der Waals surface area contributed by atoms with Crippen molar-refractivity contribution in [3.63, 3.8) is 0 Å². The molecule has 4 rings (SSSR count). The summed E-state index contributed by atoms with van der Waals surface area (Å²) < 4.78 is 0. The number of benzene rings is 1. The number of fused-ring (bicyclic) bond motifs is 1. The summed E-state index contributed by atoms with van der Waals surface area (Å²) in [5, 5.41) is 10.8. The first-order valence-corrected chi connectivity index (χ1v) is 10.2. The van der Waals surface area contributed by atoms with Gasteiger partial charge in [0.05, 0.1) is 6.10 Å². The van der Waals surface area contributed by atoms with Crippen LogP contribution in [0.2, 0.25) is 0 Å². The van der Waals surface area contributed by atoms with Crippen LogP contribution in [0.25, 0.3) is 0 Å². The highest BCUT2D eigenvalue weighted by Gasteiger charge is 2.25. The molecule has 2 aromatic rings. The number of anilines is 2. The van der Waals surface area contributed by atoms with Crippen LogP contribution in [0.15, 0.2) is 42.6 Å². The lowest BCUT2D eigenvalue weighted by Gasteiger charge is -2.36. The fourth-order valence-electron chi connectivity index (χ4n) is 4.13. The summed E-state index contributed by atoms with van der Waals surface area (Å²) in [6.07, 6.45) is 2.70. The third-order valence-corrected chi connectivity index (χ3v) is 5.76. The van der Waals surface area contributed by atoms with Gasteiger partial charge in [-0.1, -0.05) is 25.1 Å². The molecule has 3 heterocycles. The number of rotatable bonds is 5. The summed E-state index contributed by atoms with van der Waals surface area (Å²) in [5.41, 5.74) is 3.11. The van der Waals surface area contributed by atoms with Gasteiger partial charge in [-0.3, -0.25) is 9.69 Å². The van der Waals surface area contributed by atoms with E-state index in [0.717, 1.165) is 56.2 Å². The molecule has 1 aromatic heterocycles. The molecule has 6 nitrogen and oxygen atoms in total. The first-order chi connectivity index (χ1) is 13.7. The van der Waals surface area contributed by atoms with E-state index < -0.39 is 6.10 Å². The highest BCUT2D eigenvalue weighted by atomic mass is 16.3. The van der Waals surface area contributed by atoms with Crippen LogP contribution < -0.4 is 9.80 Å². The number of hydrogen-bond donors (Lipinski definition) is 1. The van der Waals surface area contributed by atoms with E-state index in [9.17, 15) is 9.90 Å². The summed E-state index contributed by atoms with van der Waals surface area (Å²) in [5.74, 6) is 1.19. The van der Waals surface area contributed by atoms with Crippen molar-refractivity contribution in [2.45, 2.75) is 25.9 Å². The van der Waals surface area contributed by atoms with Crippen LogP contribution in [0.5, 0.6) is 0 Å². The lowest BCUT2D eigenvalue weighted by atomic mass is 10.0. The molecule has 1 aromatic carbocycles. The fourth-order valence-corrected chi connectivity index (χ4v) is 4.13. The second-order valence-corrected chi connectivity index (χ2v) is 7.53. The van der Waals surface area contributed by atoms with Gasteiger partial charge in [0, 0.05) is 57.6 Å². The van der Waals surface area contributed by atoms with Gasteiger partial charge >= 0.3 is 0 Å². The lowest BCUT2D eigenvalue weighted by molar-refractivity contribution is -0.118. The lowest BCUT2D eigenvalue weighted by Crippen LogP contribution is -2.47. The van der Waals surface area contributed by atoms with Crippen molar-refractivity contribution in [2.24, 2.45) is 0 Å². The van der Waals surface area contributed by atoms with Gasteiger partial charge in [-0.05, 0) is 35.7 Å². The van der Waals surface area contributed by atoms with Crippen molar-refractivity contribution >= 4 is 17.4 Å². The van der Waals surface area contributed by atoms with Crippen molar-refractivity contribution in [3.05, 3.63) is 53.7 Å². The molecule has 1 atom stereocenters. The van der Waals surface area contributed by atoms with Crippen LogP contribution in [-0.4, -0.2) is 60.2 Å². The maximum absolute atomic E-state index is 12.0. The third kappa shape index (κ3) is 3.88. The number of carbonyl (C=O) groups is 1. The van der Waals surface area contributed by atoms with Gasteiger partial charge in [-0.2, -0.15) is 0 Å². The minimum Gasteiger partial charge on any atom is -0.387 e. The van der Waals surface area contributed by atoms with Crippen molar-refractivity contribution in [1.29, 1.82) is 0 Å². The number of amides is 1. The molecule has 0 saturated carbocycles. The molecular formula is C22H28N4O2. The molecule has 1 amide bonds. The minimum absolute atomic E-state index is 0.165. The number of aromatic nitrogens is 1. The SMILES string of the molecule is CCC(=O)N1CCc2cc([C@H](O)CN3CCN(c4ccccn4)CC3)ccc21. The Hall–Kier alpha value is -2.44. The van der Waals surface area contributed by atoms with E-state index in [0.29, 0.717) is 13.0 Å². The predicted molar refractivity (Wildman–Crippen MR) is 111 cm³/mol. The van der Waals surface area contributed by atoms with Gasteiger partial charge < -0.3 is 14.9 Å². The average molecular weight is 380 g/mol. The van der Waals surface area contributed by atoms with E-state index in [1.165, 1.54) is 5.56 Å². The van der Waals surface area contributed by atoms with Crippen LogP contribution in [0.4, 0.5) is 11.5 Å². The molecule has 1 saturated heterocycles. The van der Waals surface area contributed by atoms with Crippen molar-refractivity contribution < 1.29 is 9.90 Å². The Kier molecular flexibility index (Phi) is 5.59. The molecule has 1 fully saturated rings. The second-order valence-electron chi connectivity index (χ2n) is 7.53. The summed E-state index contributed by atoms with van der Waals surface area (Å²) in [7, 11) is 0. The third-order valence-electron chi connectivity index (χ3n) is 5.76. The number of pyridine rings is 1. The number of aliphatic hydroxyl groups excluding tert-OH is 1. The molecule has 148 valence electrons. The van der Waals surface area contributed by atoms with Crippen molar-refractivity contribution in [1.82, 2.24) is 9.88 Å². The maximum atomic E-state index is 12.0. The molecule has 2 aliphatic heterocycles. The van der Waals surface area contributed by atoms with Crippen LogP contribution in [0.1, 0.15) is 30.6 Å². The minimum atomic E-state index is -0.511. The predicted octanol–water partition coefficient (Wildman–Crippen LogP) is 2.24. The number of hydrogen-bond acceptors (Lipinski definition) is 5. The second kappa shape index (κ2) is 8.29. The van der Waals surface area contributed by atoms with Gasteiger partial charge in [0.15, 0.2) is 0 Å². The van der Waals surface area contributed by atoms with Crippen molar-refractivity contribution in [2.75, 3.05) is 49.1 Å². The number of β-amino-alcohol motifs (C(OH)–C–C–N with tert-alkyl or cyclic N) is 1. The largest absolute Gasteiger partial charge is 0.387 e. The van der Waals surface area contributed by atoms with Crippen LogP contribution >= 0.6 is 0 Å². The van der Waals surface area contributed by atoms with E-state index in [1.807, 2.05) is 48.4 Å². The molecule has 1 N–H and O–H groups in total. The van der Waals surface area contributed by atoms with E-state index in [-0.39, 0.29) is 5.91 Å². The number of piperazine rings is 1. The standard InChI is InChI=1S/C22H28N4O2/c1-2-22(28)26-10-8-17-15-18(6-7-19(17)26)20(27)16-24-11-13-25(14-12-24)21-5-3-4-9-23-21/h3-7,9,15,20,27H,2,8,10-14,16H2,1H3/t20-/m1/s1. The zero-order chi connectivity index (χ0) is 19.5. The van der Waals surface area contributed by atoms with E-state index in [4.69, 9.17) is 0 Å². The molecular weight excluding hydrogens is 352 g/mol. The van der Waals surface area contributed by atoms with E-state index in [2.05, 4.69) is 20.9 Å². The van der Waals surface area contributed by atoms with Crippen LogP contribution in [-0.2, 0) is 11.2 Å². The van der Waals surface area contributed by atoms with E-state index >= 15 is 0 Å². The molecule has 2 aliphatic rings. The Balaban J connectivity index is 1.35. The monoisotopic (exact) mass is 380 g/mol. The summed E-state index contributed by atoms with van der Waals surface area (Å²) in [6.45, 7) is 6.94. The maximum Gasteiger partial charge on any atom is 0.226 e. The van der Waals surface area contributed by atoms with Crippen molar-refractivity contribution in [3.8, 4) is 0 Å². The van der Waals surface area contributed by atoms with Gasteiger partial charge in [0.2, 0.25) is 5.91 Å². The van der Waals surface area contributed by atoms with Crippen LogP contribution in [0, 0.1) is 0 Å². The smallest absolute Gasteiger partial charge is 0.226 e. The highest BCUT2D eigenvalue weighted by molar-refractivity contribution is 5.95. The molecule has 28 heavy (non-hydrogen) atoms. The van der Waals surface area contributed by atoms with Gasteiger partial charge in [-0.15, -0.1) is 0 Å². The molecule has 0 aliphatic carbocycles. The Morgan fingerprint density at radius 1 is 1.14 bits per heavy atom. The highest BCUT2D eigenvalue weighted by Crippen LogP contribution is 2.31. The van der Waals surface area contributed by atoms with Crippen LogP contribution in [0.3, 0.4) is 0 Å². The first-order valence-electron chi connectivity index (χ1n) is 10.2. The molecule has 6 heteroatoms. The Bertz CT molecular complexity index is 819. The number of nitrogens with zero attached hydrogens (tertiary/aromatic N) is 4. The zero-order valence-corrected chi connectivity index (χ0v) is 16.4. The Morgan fingerprint density at radius 3 is 2.68 bits per heavy atom. The zero-order valence-electron chi connectivity index (χ0n) is 16.4. The summed E-state index contributed by atoms with van der Waals surface area (Å²) in [4.78, 5) is 22.9. The van der Waals surface area contributed by atoms with Gasteiger partial charge in [-0.25, -0.2) is 4.98 Å². The summed E-state index contributed by atoms with van der Waals surface area (Å²) in [6, 6.07) is 12.0. The fraction of sp³-hybridized carbons (Fsp3) is 0.455. The summed E-state index contributed by atoms with van der Waals surface area (Å²) >= 11 is 0. The average Bonchev–Trinajstić information content (AvgIpc) is 3.17.